The zero-order valence-electron chi connectivity index (χ0n) is 12.1. The molecule has 1 aliphatic carbocycles. The fraction of sp³-hybridized carbons (Fsp3) is 0.643. The minimum Gasteiger partial charge on any atom is -0.381 e. The van der Waals surface area contributed by atoms with E-state index in [9.17, 15) is 4.79 Å². The van der Waals surface area contributed by atoms with Crippen molar-refractivity contribution in [3.8, 4) is 0 Å². The molecular formula is C14H22N4O2. The summed E-state index contributed by atoms with van der Waals surface area (Å²) in [5, 5.41) is 6.12. The standard InChI is InChI=1S/C14H22N4O2/c1-3-6-16-13-9-15-8-12(18-13)14(19)17-10-4-5-11(7-10)20-2/h8-11H,3-7H2,1-2H3,(H,16,18)(H,17,19). The van der Waals surface area contributed by atoms with Crippen LogP contribution in [0.3, 0.4) is 0 Å². The molecule has 1 heterocycles. The third kappa shape index (κ3) is 3.90. The van der Waals surface area contributed by atoms with Gasteiger partial charge in [-0.05, 0) is 25.7 Å². The van der Waals surface area contributed by atoms with Crippen molar-refractivity contribution in [2.45, 2.75) is 44.8 Å². The molecule has 2 rings (SSSR count). The van der Waals surface area contributed by atoms with Crippen LogP contribution in [0.1, 0.15) is 43.1 Å². The molecule has 0 spiro atoms. The predicted octanol–water partition coefficient (Wildman–Crippen LogP) is 1.60. The number of aromatic nitrogens is 2. The van der Waals surface area contributed by atoms with Crippen molar-refractivity contribution in [2.24, 2.45) is 0 Å². The molecule has 0 aliphatic heterocycles. The monoisotopic (exact) mass is 278 g/mol. The van der Waals surface area contributed by atoms with E-state index in [4.69, 9.17) is 4.74 Å². The number of hydrogen-bond acceptors (Lipinski definition) is 5. The van der Waals surface area contributed by atoms with Gasteiger partial charge in [-0.25, -0.2) is 4.98 Å². The van der Waals surface area contributed by atoms with Gasteiger partial charge < -0.3 is 15.4 Å². The summed E-state index contributed by atoms with van der Waals surface area (Å²) in [6, 6.07) is 0.168. The quantitative estimate of drug-likeness (QED) is 0.826. The van der Waals surface area contributed by atoms with Gasteiger partial charge in [-0.15, -0.1) is 0 Å². The maximum atomic E-state index is 12.1. The highest BCUT2D eigenvalue weighted by molar-refractivity contribution is 5.92. The number of nitrogens with zero attached hydrogens (tertiary/aromatic N) is 2. The Morgan fingerprint density at radius 3 is 3.00 bits per heavy atom. The molecule has 1 fully saturated rings. The van der Waals surface area contributed by atoms with Crippen molar-refractivity contribution in [1.82, 2.24) is 15.3 Å². The molecule has 110 valence electrons. The largest absolute Gasteiger partial charge is 0.381 e. The van der Waals surface area contributed by atoms with E-state index in [-0.39, 0.29) is 18.1 Å². The van der Waals surface area contributed by atoms with Gasteiger partial charge in [-0.2, -0.15) is 0 Å². The molecule has 1 amide bonds. The summed E-state index contributed by atoms with van der Waals surface area (Å²) >= 11 is 0. The molecule has 1 aliphatic rings. The highest BCUT2D eigenvalue weighted by atomic mass is 16.5. The molecule has 6 nitrogen and oxygen atoms in total. The molecule has 2 atom stereocenters. The summed E-state index contributed by atoms with van der Waals surface area (Å²) in [4.78, 5) is 20.5. The van der Waals surface area contributed by atoms with Crippen molar-refractivity contribution in [3.05, 3.63) is 18.1 Å². The van der Waals surface area contributed by atoms with Gasteiger partial charge in [0.25, 0.3) is 5.91 Å². The molecule has 2 N–H and O–H groups in total. The van der Waals surface area contributed by atoms with Crippen LogP contribution in [0.15, 0.2) is 12.4 Å². The van der Waals surface area contributed by atoms with Gasteiger partial charge in [0.15, 0.2) is 0 Å². The number of carbonyl (C=O) groups excluding carboxylic acids is 1. The van der Waals surface area contributed by atoms with Crippen LogP contribution in [0.4, 0.5) is 5.82 Å². The highest BCUT2D eigenvalue weighted by Crippen LogP contribution is 2.21. The average molecular weight is 278 g/mol. The van der Waals surface area contributed by atoms with Crippen molar-refractivity contribution in [1.29, 1.82) is 0 Å². The first-order chi connectivity index (χ1) is 9.72. The second kappa shape index (κ2) is 7.19. The van der Waals surface area contributed by atoms with Crippen LogP contribution < -0.4 is 10.6 Å². The van der Waals surface area contributed by atoms with E-state index in [0.29, 0.717) is 11.5 Å². The Kier molecular flexibility index (Phi) is 5.29. The molecule has 1 saturated carbocycles. The van der Waals surface area contributed by atoms with Gasteiger partial charge in [0.05, 0.1) is 18.5 Å². The second-order valence-electron chi connectivity index (χ2n) is 5.06. The first-order valence-electron chi connectivity index (χ1n) is 7.12. The lowest BCUT2D eigenvalue weighted by atomic mass is 10.2. The number of nitrogens with one attached hydrogen (secondary N) is 2. The normalized spacial score (nSPS) is 21.7. The topological polar surface area (TPSA) is 76.1 Å². The summed E-state index contributed by atoms with van der Waals surface area (Å²) in [5.74, 6) is 0.472. The third-order valence-corrected chi connectivity index (χ3v) is 3.48. The number of methoxy groups -OCH3 is 1. The Hall–Kier alpha value is -1.69. The summed E-state index contributed by atoms with van der Waals surface area (Å²) in [5.41, 5.74) is 0.354. The number of anilines is 1. The van der Waals surface area contributed by atoms with Crippen LogP contribution in [0, 0.1) is 0 Å². The maximum absolute atomic E-state index is 12.1. The molecule has 0 radical (unpaired) electrons. The first-order valence-corrected chi connectivity index (χ1v) is 7.12. The van der Waals surface area contributed by atoms with E-state index in [1.54, 1.807) is 13.3 Å². The lowest BCUT2D eigenvalue weighted by Crippen LogP contribution is -2.34. The molecule has 2 unspecified atom stereocenters. The minimum absolute atomic E-state index is 0.167. The fourth-order valence-corrected chi connectivity index (χ4v) is 2.36. The Bertz CT molecular complexity index is 453. The van der Waals surface area contributed by atoms with E-state index < -0.39 is 0 Å². The zero-order valence-corrected chi connectivity index (χ0v) is 12.1. The van der Waals surface area contributed by atoms with Crippen molar-refractivity contribution in [3.63, 3.8) is 0 Å². The Morgan fingerprint density at radius 1 is 1.45 bits per heavy atom. The second-order valence-corrected chi connectivity index (χ2v) is 5.06. The molecule has 0 bridgehead atoms. The lowest BCUT2D eigenvalue weighted by Gasteiger charge is -2.13. The highest BCUT2D eigenvalue weighted by Gasteiger charge is 2.26. The van der Waals surface area contributed by atoms with Crippen molar-refractivity contribution < 1.29 is 9.53 Å². The third-order valence-electron chi connectivity index (χ3n) is 3.48. The fourth-order valence-electron chi connectivity index (χ4n) is 2.36. The summed E-state index contributed by atoms with van der Waals surface area (Å²) in [6.45, 7) is 2.89. The zero-order chi connectivity index (χ0) is 14.4. The number of carbonyl (C=O) groups is 1. The summed E-state index contributed by atoms with van der Waals surface area (Å²) in [6.07, 6.45) is 7.18. The Labute approximate surface area is 119 Å². The summed E-state index contributed by atoms with van der Waals surface area (Å²) in [7, 11) is 1.71. The maximum Gasteiger partial charge on any atom is 0.271 e. The van der Waals surface area contributed by atoms with Crippen LogP contribution >= 0.6 is 0 Å². The molecule has 20 heavy (non-hydrogen) atoms. The van der Waals surface area contributed by atoms with E-state index in [2.05, 4.69) is 27.5 Å². The first kappa shape index (κ1) is 14.7. The molecule has 0 saturated heterocycles. The van der Waals surface area contributed by atoms with Gasteiger partial charge in [-0.1, -0.05) is 6.92 Å². The summed E-state index contributed by atoms with van der Waals surface area (Å²) < 4.78 is 5.30. The van der Waals surface area contributed by atoms with E-state index >= 15 is 0 Å². The number of amides is 1. The lowest BCUT2D eigenvalue weighted by molar-refractivity contribution is 0.0910. The van der Waals surface area contributed by atoms with Crippen molar-refractivity contribution >= 4 is 11.7 Å². The molecular weight excluding hydrogens is 256 g/mol. The van der Waals surface area contributed by atoms with Gasteiger partial charge in [-0.3, -0.25) is 9.78 Å². The number of hydrogen-bond donors (Lipinski definition) is 2. The van der Waals surface area contributed by atoms with E-state index in [1.807, 2.05) is 0 Å². The molecule has 6 heteroatoms. The van der Waals surface area contributed by atoms with Crippen molar-refractivity contribution in [2.75, 3.05) is 19.0 Å². The van der Waals surface area contributed by atoms with E-state index in [0.717, 1.165) is 32.2 Å². The van der Waals surface area contributed by atoms with Crippen LogP contribution in [0.2, 0.25) is 0 Å². The van der Waals surface area contributed by atoms with Crippen LogP contribution in [0.5, 0.6) is 0 Å². The number of rotatable bonds is 6. The van der Waals surface area contributed by atoms with Gasteiger partial charge in [0, 0.05) is 19.7 Å². The Morgan fingerprint density at radius 2 is 2.30 bits per heavy atom. The molecule has 1 aromatic heterocycles. The smallest absolute Gasteiger partial charge is 0.271 e. The average Bonchev–Trinajstić information content (AvgIpc) is 2.93. The van der Waals surface area contributed by atoms with Gasteiger partial charge >= 0.3 is 0 Å². The number of ether oxygens (including phenoxy) is 1. The van der Waals surface area contributed by atoms with Gasteiger partial charge in [0.1, 0.15) is 11.5 Å². The SMILES string of the molecule is CCCNc1cncc(C(=O)NC2CCC(OC)C2)n1. The van der Waals surface area contributed by atoms with Crippen LogP contribution in [-0.4, -0.2) is 41.7 Å². The van der Waals surface area contributed by atoms with E-state index in [1.165, 1.54) is 6.20 Å². The van der Waals surface area contributed by atoms with Gasteiger partial charge in [0.2, 0.25) is 0 Å². The predicted molar refractivity (Wildman–Crippen MR) is 76.7 cm³/mol. The van der Waals surface area contributed by atoms with Crippen LogP contribution in [0.25, 0.3) is 0 Å². The molecule has 1 aromatic rings. The molecule has 0 aromatic carbocycles. The van der Waals surface area contributed by atoms with Crippen LogP contribution in [-0.2, 0) is 4.74 Å². The Balaban J connectivity index is 1.92. The minimum atomic E-state index is -0.167.